The average molecular weight is 262 g/mol. The van der Waals surface area contributed by atoms with Crippen molar-refractivity contribution < 1.29 is 5.11 Å². The lowest BCUT2D eigenvalue weighted by Gasteiger charge is -2.23. The van der Waals surface area contributed by atoms with Crippen molar-refractivity contribution in [2.45, 2.75) is 71.3 Å². The SMILES string of the molecule is CCCC[C@@H](C)CC/C=C/C12C=CCC1CC(O)C2. The Kier molecular flexibility index (Phi) is 5.27. The smallest absolute Gasteiger partial charge is 0.0554 e. The normalized spacial score (nSPS) is 35.1. The fourth-order valence-corrected chi connectivity index (χ4v) is 3.82. The molecule has 1 N–H and O–H groups in total. The number of hydrogen-bond acceptors (Lipinski definition) is 1. The number of aliphatic hydroxyl groups excluding tert-OH is 1. The molecule has 2 rings (SSSR count). The maximum atomic E-state index is 9.87. The Morgan fingerprint density at radius 2 is 2.26 bits per heavy atom. The minimum absolute atomic E-state index is 0.0805. The van der Waals surface area contributed by atoms with Crippen molar-refractivity contribution in [1.82, 2.24) is 0 Å². The summed E-state index contributed by atoms with van der Waals surface area (Å²) in [6.07, 6.45) is 19.0. The van der Waals surface area contributed by atoms with Gasteiger partial charge >= 0.3 is 0 Å². The van der Waals surface area contributed by atoms with Crippen LogP contribution in [-0.4, -0.2) is 11.2 Å². The molecule has 1 nitrogen and oxygen atoms in total. The molecule has 0 aromatic rings. The molecular weight excluding hydrogens is 232 g/mol. The van der Waals surface area contributed by atoms with Crippen LogP contribution < -0.4 is 0 Å². The molecule has 4 atom stereocenters. The van der Waals surface area contributed by atoms with Crippen LogP contribution in [0.3, 0.4) is 0 Å². The topological polar surface area (TPSA) is 20.2 Å². The molecule has 0 heterocycles. The van der Waals surface area contributed by atoms with Gasteiger partial charge in [0.25, 0.3) is 0 Å². The van der Waals surface area contributed by atoms with Crippen LogP contribution in [0.4, 0.5) is 0 Å². The van der Waals surface area contributed by atoms with Crippen molar-refractivity contribution in [3.63, 3.8) is 0 Å². The van der Waals surface area contributed by atoms with Gasteiger partial charge in [0, 0.05) is 5.41 Å². The lowest BCUT2D eigenvalue weighted by atomic mass is 9.80. The molecule has 0 aromatic heterocycles. The second kappa shape index (κ2) is 6.74. The van der Waals surface area contributed by atoms with Crippen LogP contribution in [0.2, 0.25) is 0 Å². The van der Waals surface area contributed by atoms with E-state index in [0.29, 0.717) is 5.92 Å². The molecule has 2 aliphatic rings. The minimum atomic E-state index is -0.0805. The Labute approximate surface area is 118 Å². The molecular formula is C18H30O. The molecule has 2 aliphatic carbocycles. The summed E-state index contributed by atoms with van der Waals surface area (Å²) in [5.74, 6) is 1.52. The number of allylic oxidation sites excluding steroid dienone is 4. The van der Waals surface area contributed by atoms with Gasteiger partial charge in [0.15, 0.2) is 0 Å². The Bertz CT molecular complexity index is 331. The molecule has 0 spiro atoms. The lowest BCUT2D eigenvalue weighted by molar-refractivity contribution is 0.173. The molecule has 0 aromatic carbocycles. The molecule has 0 radical (unpaired) electrons. The number of unbranched alkanes of at least 4 members (excludes halogenated alkanes) is 1. The molecule has 0 saturated heterocycles. The fraction of sp³-hybridized carbons (Fsp3) is 0.778. The summed E-state index contributed by atoms with van der Waals surface area (Å²) in [6, 6.07) is 0. The zero-order valence-corrected chi connectivity index (χ0v) is 12.6. The van der Waals surface area contributed by atoms with Crippen LogP contribution in [0.5, 0.6) is 0 Å². The van der Waals surface area contributed by atoms with Gasteiger partial charge in [0.2, 0.25) is 0 Å². The standard InChI is InChI=1S/C18H30O/c1-3-4-8-15(2)9-5-6-11-18-12-7-10-16(18)13-17(19)14-18/h6-7,11-12,15-17,19H,3-5,8-10,13-14H2,1-2H3/b11-6+/t15-,16?,17?,18?/m1/s1. The number of aliphatic hydroxyl groups is 1. The molecule has 108 valence electrons. The Morgan fingerprint density at radius 3 is 3.05 bits per heavy atom. The van der Waals surface area contributed by atoms with Crippen molar-refractivity contribution in [3.05, 3.63) is 24.3 Å². The van der Waals surface area contributed by atoms with E-state index >= 15 is 0 Å². The van der Waals surface area contributed by atoms with Crippen molar-refractivity contribution >= 4 is 0 Å². The van der Waals surface area contributed by atoms with E-state index < -0.39 is 0 Å². The van der Waals surface area contributed by atoms with Crippen molar-refractivity contribution in [3.8, 4) is 0 Å². The van der Waals surface area contributed by atoms with Gasteiger partial charge in [-0.1, -0.05) is 57.4 Å². The lowest BCUT2D eigenvalue weighted by Crippen LogP contribution is -2.16. The molecule has 0 amide bonds. The van der Waals surface area contributed by atoms with E-state index in [0.717, 1.165) is 25.2 Å². The molecule has 19 heavy (non-hydrogen) atoms. The Hall–Kier alpha value is -0.560. The third-order valence-corrected chi connectivity index (χ3v) is 5.06. The third-order valence-electron chi connectivity index (χ3n) is 5.06. The average Bonchev–Trinajstić information content (AvgIpc) is 2.88. The van der Waals surface area contributed by atoms with Crippen LogP contribution in [0, 0.1) is 17.3 Å². The van der Waals surface area contributed by atoms with E-state index in [4.69, 9.17) is 0 Å². The van der Waals surface area contributed by atoms with Gasteiger partial charge in [0.1, 0.15) is 0 Å². The largest absolute Gasteiger partial charge is 0.393 e. The van der Waals surface area contributed by atoms with Crippen molar-refractivity contribution in [2.24, 2.45) is 17.3 Å². The Balaban J connectivity index is 1.77. The van der Waals surface area contributed by atoms with E-state index in [1.807, 2.05) is 0 Å². The first kappa shape index (κ1) is 14.8. The first-order valence-corrected chi connectivity index (χ1v) is 8.19. The van der Waals surface area contributed by atoms with Crippen molar-refractivity contribution in [1.29, 1.82) is 0 Å². The van der Waals surface area contributed by atoms with Crippen LogP contribution in [0.25, 0.3) is 0 Å². The van der Waals surface area contributed by atoms with E-state index in [9.17, 15) is 5.11 Å². The van der Waals surface area contributed by atoms with Crippen molar-refractivity contribution in [2.75, 3.05) is 0 Å². The predicted octanol–water partition coefficient (Wildman–Crippen LogP) is 4.87. The van der Waals surface area contributed by atoms with E-state index in [-0.39, 0.29) is 11.5 Å². The first-order valence-electron chi connectivity index (χ1n) is 8.19. The fourth-order valence-electron chi connectivity index (χ4n) is 3.82. The van der Waals surface area contributed by atoms with Gasteiger partial charge in [-0.2, -0.15) is 0 Å². The quantitative estimate of drug-likeness (QED) is 0.649. The second-order valence-corrected chi connectivity index (χ2v) is 6.77. The summed E-state index contributed by atoms with van der Waals surface area (Å²) in [5, 5.41) is 9.87. The molecule has 3 unspecified atom stereocenters. The van der Waals surface area contributed by atoms with E-state index in [1.165, 1.54) is 32.1 Å². The number of fused-ring (bicyclic) bond motifs is 1. The highest BCUT2D eigenvalue weighted by atomic mass is 16.3. The van der Waals surface area contributed by atoms with E-state index in [1.54, 1.807) is 0 Å². The summed E-state index contributed by atoms with van der Waals surface area (Å²) < 4.78 is 0. The molecule has 1 saturated carbocycles. The van der Waals surface area contributed by atoms with Crippen LogP contribution in [0.15, 0.2) is 24.3 Å². The zero-order chi connectivity index (χ0) is 13.7. The highest BCUT2D eigenvalue weighted by Crippen LogP contribution is 2.51. The van der Waals surface area contributed by atoms with Gasteiger partial charge in [-0.15, -0.1) is 0 Å². The maximum absolute atomic E-state index is 9.87. The minimum Gasteiger partial charge on any atom is -0.393 e. The zero-order valence-electron chi connectivity index (χ0n) is 12.6. The summed E-state index contributed by atoms with van der Waals surface area (Å²) >= 11 is 0. The van der Waals surface area contributed by atoms with Crippen LogP contribution >= 0.6 is 0 Å². The second-order valence-electron chi connectivity index (χ2n) is 6.77. The Morgan fingerprint density at radius 1 is 1.42 bits per heavy atom. The van der Waals surface area contributed by atoms with Gasteiger partial charge in [-0.05, 0) is 43.9 Å². The third kappa shape index (κ3) is 3.72. The van der Waals surface area contributed by atoms with Gasteiger partial charge in [-0.25, -0.2) is 0 Å². The van der Waals surface area contributed by atoms with Crippen LogP contribution in [0.1, 0.15) is 65.2 Å². The van der Waals surface area contributed by atoms with E-state index in [2.05, 4.69) is 38.2 Å². The van der Waals surface area contributed by atoms with Gasteiger partial charge in [-0.3, -0.25) is 0 Å². The van der Waals surface area contributed by atoms with Gasteiger partial charge in [0.05, 0.1) is 6.10 Å². The highest BCUT2D eigenvalue weighted by molar-refractivity contribution is 5.23. The molecule has 1 heteroatoms. The number of hydrogen-bond donors (Lipinski definition) is 1. The summed E-state index contributed by atoms with van der Waals surface area (Å²) in [4.78, 5) is 0. The molecule has 0 bridgehead atoms. The highest BCUT2D eigenvalue weighted by Gasteiger charge is 2.44. The summed E-state index contributed by atoms with van der Waals surface area (Å²) in [6.45, 7) is 4.64. The van der Waals surface area contributed by atoms with Gasteiger partial charge < -0.3 is 5.11 Å². The van der Waals surface area contributed by atoms with Crippen LogP contribution in [-0.2, 0) is 0 Å². The number of rotatable bonds is 7. The predicted molar refractivity (Wildman–Crippen MR) is 82.0 cm³/mol. The molecule has 0 aliphatic heterocycles. The maximum Gasteiger partial charge on any atom is 0.0554 e. The first-order chi connectivity index (χ1) is 9.16. The molecule has 1 fully saturated rings. The summed E-state index contributed by atoms with van der Waals surface area (Å²) in [5.41, 5.74) is 0.200. The summed E-state index contributed by atoms with van der Waals surface area (Å²) in [7, 11) is 0. The monoisotopic (exact) mass is 262 g/mol.